The third-order valence-electron chi connectivity index (χ3n) is 2.39. The summed E-state index contributed by atoms with van der Waals surface area (Å²) in [6.45, 7) is 0. The summed E-state index contributed by atoms with van der Waals surface area (Å²) in [5, 5.41) is 4.20. The number of aromatic nitrogens is 2. The average molecular weight is 225 g/mol. The first-order valence-corrected chi connectivity index (χ1v) is 6.00. The first-order chi connectivity index (χ1) is 7.92. The van der Waals surface area contributed by atoms with Crippen LogP contribution in [-0.2, 0) is 6.42 Å². The lowest BCUT2D eigenvalue weighted by atomic mass is 10.2. The molecule has 1 aromatic carbocycles. The van der Waals surface area contributed by atoms with E-state index < -0.39 is 0 Å². The lowest BCUT2D eigenvalue weighted by Gasteiger charge is -1.99. The van der Waals surface area contributed by atoms with E-state index in [1.165, 1.54) is 5.56 Å². The third-order valence-corrected chi connectivity index (χ3v) is 3.13. The molecule has 0 unspecified atom stereocenters. The molecule has 2 aromatic heterocycles. The van der Waals surface area contributed by atoms with E-state index in [0.717, 1.165) is 23.1 Å². The van der Waals surface area contributed by atoms with Crippen molar-refractivity contribution in [2.75, 3.05) is 0 Å². The Hall–Kier alpha value is -1.74. The molecule has 16 heavy (non-hydrogen) atoms. The topological polar surface area (TPSA) is 25.8 Å². The summed E-state index contributed by atoms with van der Waals surface area (Å²) < 4.78 is 0. The van der Waals surface area contributed by atoms with Crippen LogP contribution in [0.4, 0.5) is 0 Å². The van der Waals surface area contributed by atoms with Gasteiger partial charge in [0.1, 0.15) is 6.20 Å². The van der Waals surface area contributed by atoms with E-state index in [1.807, 2.05) is 24.3 Å². The fraction of sp³-hybridized carbons (Fsp3) is 0.0769. The molecule has 0 fully saturated rings. The molecule has 0 saturated carbocycles. The predicted octanol–water partition coefficient (Wildman–Crippen LogP) is 3.08. The Kier molecular flexibility index (Phi) is 2.38. The fourth-order valence-corrected chi connectivity index (χ4v) is 2.28. The van der Waals surface area contributed by atoms with Crippen molar-refractivity contribution in [3.8, 4) is 0 Å². The van der Waals surface area contributed by atoms with Gasteiger partial charge in [0.2, 0.25) is 0 Å². The van der Waals surface area contributed by atoms with Crippen LogP contribution in [0, 0.1) is 6.20 Å². The van der Waals surface area contributed by atoms with Gasteiger partial charge < -0.3 is 0 Å². The summed E-state index contributed by atoms with van der Waals surface area (Å²) >= 11 is 1.70. The van der Waals surface area contributed by atoms with Gasteiger partial charge in [-0.3, -0.25) is 0 Å². The van der Waals surface area contributed by atoms with Crippen molar-refractivity contribution in [1.29, 1.82) is 0 Å². The number of nitrogens with zero attached hydrogens (tertiary/aromatic N) is 2. The Morgan fingerprint density at radius 1 is 1.12 bits per heavy atom. The predicted molar refractivity (Wildman–Crippen MR) is 65.5 cm³/mol. The van der Waals surface area contributed by atoms with Gasteiger partial charge in [-0.1, -0.05) is 12.1 Å². The molecule has 77 valence electrons. The van der Waals surface area contributed by atoms with Gasteiger partial charge >= 0.3 is 0 Å². The van der Waals surface area contributed by atoms with Crippen LogP contribution in [0.15, 0.2) is 41.1 Å². The average Bonchev–Trinajstić information content (AvgIpc) is 2.82. The van der Waals surface area contributed by atoms with Crippen LogP contribution in [0.1, 0.15) is 11.3 Å². The zero-order valence-electron chi connectivity index (χ0n) is 8.55. The van der Waals surface area contributed by atoms with Gasteiger partial charge in [-0.25, -0.2) is 9.97 Å². The maximum Gasteiger partial charge on any atom is 0.113 e. The van der Waals surface area contributed by atoms with Crippen molar-refractivity contribution in [2.45, 2.75) is 6.42 Å². The molecule has 0 aliphatic carbocycles. The fourth-order valence-electron chi connectivity index (χ4n) is 1.61. The Labute approximate surface area is 97.6 Å². The monoisotopic (exact) mass is 225 g/mol. The van der Waals surface area contributed by atoms with Crippen molar-refractivity contribution < 1.29 is 0 Å². The molecule has 2 heterocycles. The molecule has 0 saturated heterocycles. The van der Waals surface area contributed by atoms with E-state index in [1.54, 1.807) is 11.3 Å². The summed E-state index contributed by atoms with van der Waals surface area (Å²) in [7, 11) is 0. The molecule has 1 radical (unpaired) electrons. The van der Waals surface area contributed by atoms with Gasteiger partial charge in [-0.2, -0.15) is 11.3 Å². The molecule has 3 aromatic rings. The van der Waals surface area contributed by atoms with E-state index >= 15 is 0 Å². The summed E-state index contributed by atoms with van der Waals surface area (Å²) in [5.41, 5.74) is 4.01. The van der Waals surface area contributed by atoms with E-state index in [0.29, 0.717) is 0 Å². The Bertz CT molecular complexity index is 602. The highest BCUT2D eigenvalue weighted by molar-refractivity contribution is 7.07. The number of benzene rings is 1. The van der Waals surface area contributed by atoms with Crippen molar-refractivity contribution in [3.63, 3.8) is 0 Å². The lowest BCUT2D eigenvalue weighted by Crippen LogP contribution is -1.94. The van der Waals surface area contributed by atoms with E-state index in [4.69, 9.17) is 0 Å². The first kappa shape index (κ1) is 9.48. The molecule has 0 atom stereocenters. The van der Waals surface area contributed by atoms with Crippen molar-refractivity contribution in [3.05, 3.63) is 58.5 Å². The molecule has 0 aliphatic heterocycles. The summed E-state index contributed by atoms with van der Waals surface area (Å²) in [5.74, 6) is 0. The maximum absolute atomic E-state index is 4.54. The highest BCUT2D eigenvalue weighted by Gasteiger charge is 2.01. The van der Waals surface area contributed by atoms with Gasteiger partial charge in [0.15, 0.2) is 0 Å². The SMILES string of the molecule is [c]1nc2ccccc2nc1Cc1ccsc1. The van der Waals surface area contributed by atoms with Crippen LogP contribution in [0.25, 0.3) is 11.0 Å². The largest absolute Gasteiger partial charge is 0.248 e. The van der Waals surface area contributed by atoms with E-state index in [2.05, 4.69) is 33.0 Å². The Morgan fingerprint density at radius 2 is 2.00 bits per heavy atom. The van der Waals surface area contributed by atoms with Crippen LogP contribution in [-0.4, -0.2) is 9.97 Å². The highest BCUT2D eigenvalue weighted by atomic mass is 32.1. The summed E-state index contributed by atoms with van der Waals surface area (Å²) in [6, 6.07) is 9.98. The molecular weight excluding hydrogens is 216 g/mol. The lowest BCUT2D eigenvalue weighted by molar-refractivity contribution is 1.07. The van der Waals surface area contributed by atoms with Gasteiger partial charge in [0.25, 0.3) is 0 Å². The highest BCUT2D eigenvalue weighted by Crippen LogP contribution is 2.13. The van der Waals surface area contributed by atoms with Crippen molar-refractivity contribution in [2.24, 2.45) is 0 Å². The van der Waals surface area contributed by atoms with E-state index in [9.17, 15) is 0 Å². The van der Waals surface area contributed by atoms with Crippen LogP contribution in [0.2, 0.25) is 0 Å². The summed E-state index contributed by atoms with van der Waals surface area (Å²) in [4.78, 5) is 8.81. The Balaban J connectivity index is 1.99. The molecule has 3 heteroatoms. The first-order valence-electron chi connectivity index (χ1n) is 5.06. The van der Waals surface area contributed by atoms with Crippen LogP contribution in [0.5, 0.6) is 0 Å². The molecule has 2 nitrogen and oxygen atoms in total. The number of thiophene rings is 1. The molecule has 0 bridgehead atoms. The molecule has 0 aliphatic rings. The van der Waals surface area contributed by atoms with Crippen molar-refractivity contribution >= 4 is 22.4 Å². The zero-order valence-corrected chi connectivity index (χ0v) is 9.37. The van der Waals surface area contributed by atoms with Gasteiger partial charge in [-0.05, 0) is 34.5 Å². The second-order valence-electron chi connectivity index (χ2n) is 3.58. The standard InChI is InChI=1S/C13H9N2S/c1-2-4-13-12(3-1)14-8-11(15-13)7-10-5-6-16-9-10/h1-6,9H,7H2. The number of fused-ring (bicyclic) bond motifs is 1. The molecule has 0 N–H and O–H groups in total. The van der Waals surface area contributed by atoms with Gasteiger partial charge in [-0.15, -0.1) is 0 Å². The Morgan fingerprint density at radius 3 is 2.81 bits per heavy atom. The molecule has 3 rings (SSSR count). The zero-order chi connectivity index (χ0) is 10.8. The minimum Gasteiger partial charge on any atom is -0.248 e. The van der Waals surface area contributed by atoms with Crippen LogP contribution < -0.4 is 0 Å². The molecule has 0 amide bonds. The van der Waals surface area contributed by atoms with Gasteiger partial charge in [0, 0.05) is 6.42 Å². The van der Waals surface area contributed by atoms with Gasteiger partial charge in [0.05, 0.1) is 16.7 Å². The number of para-hydroxylation sites is 2. The van der Waals surface area contributed by atoms with Crippen LogP contribution in [0.3, 0.4) is 0 Å². The molecule has 0 spiro atoms. The summed E-state index contributed by atoms with van der Waals surface area (Å²) in [6.07, 6.45) is 3.80. The quantitative estimate of drug-likeness (QED) is 0.669. The minimum atomic E-state index is 0.807. The van der Waals surface area contributed by atoms with Crippen LogP contribution >= 0.6 is 11.3 Å². The molecular formula is C13H9N2S. The number of hydrogen-bond donors (Lipinski definition) is 0. The van der Waals surface area contributed by atoms with E-state index in [-0.39, 0.29) is 0 Å². The number of hydrogen-bond acceptors (Lipinski definition) is 3. The normalized spacial score (nSPS) is 10.8. The maximum atomic E-state index is 4.54. The second-order valence-corrected chi connectivity index (χ2v) is 4.36. The second kappa shape index (κ2) is 4.02. The number of rotatable bonds is 2. The minimum absolute atomic E-state index is 0.807. The van der Waals surface area contributed by atoms with Crippen molar-refractivity contribution in [1.82, 2.24) is 9.97 Å². The third kappa shape index (κ3) is 1.82. The smallest absolute Gasteiger partial charge is 0.113 e.